The van der Waals surface area contributed by atoms with Crippen LogP contribution in [0.15, 0.2) is 0 Å². The highest BCUT2D eigenvalue weighted by molar-refractivity contribution is 14.1. The molecule has 0 fully saturated rings. The molecule has 1 amide bonds. The minimum Gasteiger partial charge on any atom is -0.309 e. The number of carbonyl (C=O) groups excluding carboxylic acids is 1. The van der Waals surface area contributed by atoms with Crippen LogP contribution in [0, 0.1) is 49.1 Å². The van der Waals surface area contributed by atoms with E-state index in [1.54, 1.807) is 0 Å². The molecule has 2 rings (SSSR count). The summed E-state index contributed by atoms with van der Waals surface area (Å²) in [5.74, 6) is 0.0530. The van der Waals surface area contributed by atoms with Gasteiger partial charge in [-0.05, 0) is 185 Å². The fraction of sp³-hybridized carbons (Fsp3) is 0.278. The van der Waals surface area contributed by atoms with Crippen LogP contribution in [-0.4, -0.2) is 13.0 Å². The largest absolute Gasteiger partial charge is 0.309 e. The van der Waals surface area contributed by atoms with E-state index >= 15 is 0 Å². The maximum atomic E-state index is 13.5. The summed E-state index contributed by atoms with van der Waals surface area (Å²) in [4.78, 5) is 15.3. The predicted octanol–water partition coefficient (Wildman–Crippen LogP) is 7.82. The third kappa shape index (κ3) is 4.33. The number of rotatable bonds is 2. The fourth-order valence-electron chi connectivity index (χ4n) is 2.62. The minimum atomic E-state index is 0.0530. The Bertz CT molecular complexity index is 880. The van der Waals surface area contributed by atoms with Crippen molar-refractivity contribution in [3.05, 3.63) is 49.2 Å². The number of nitrogens with zero attached hydrogens (tertiary/aromatic N) is 1. The van der Waals surface area contributed by atoms with Gasteiger partial charge in [0.25, 0.3) is 5.91 Å². The van der Waals surface area contributed by atoms with E-state index in [0.29, 0.717) is 0 Å². The van der Waals surface area contributed by atoms with Crippen LogP contribution in [-0.2, 0) is 0 Å². The van der Waals surface area contributed by atoms with Crippen molar-refractivity contribution in [1.29, 1.82) is 0 Å². The molecule has 26 heavy (non-hydrogen) atoms. The summed E-state index contributed by atoms with van der Waals surface area (Å²) in [6.07, 6.45) is 0. The zero-order valence-electron chi connectivity index (χ0n) is 14.6. The Morgan fingerprint density at radius 3 is 1.27 bits per heavy atom. The molecule has 8 heteroatoms. The zero-order valence-corrected chi connectivity index (χ0v) is 27.6. The average molecular weight is 1020 g/mol. The maximum absolute atomic E-state index is 13.5. The van der Waals surface area contributed by atoms with Crippen LogP contribution in [0.1, 0.15) is 32.6 Å². The Balaban J connectivity index is 2.72. The second-order valence-electron chi connectivity index (χ2n) is 5.97. The van der Waals surface area contributed by atoms with Crippen LogP contribution in [0.3, 0.4) is 0 Å². The van der Waals surface area contributed by atoms with E-state index in [-0.39, 0.29) is 5.91 Å². The highest BCUT2D eigenvalue weighted by atomic mass is 127. The lowest BCUT2D eigenvalue weighted by atomic mass is 10.1. The van der Waals surface area contributed by atoms with Crippen molar-refractivity contribution in [3.63, 3.8) is 0 Å². The van der Waals surface area contributed by atoms with Gasteiger partial charge >= 0.3 is 0 Å². The van der Waals surface area contributed by atoms with Crippen LogP contribution in [0.4, 0.5) is 5.69 Å². The van der Waals surface area contributed by atoms with Crippen molar-refractivity contribution in [3.8, 4) is 0 Å². The highest BCUT2D eigenvalue weighted by Crippen LogP contribution is 2.38. The predicted molar refractivity (Wildman–Crippen MR) is 161 cm³/mol. The molecule has 2 nitrogen and oxygen atoms in total. The van der Waals surface area contributed by atoms with Crippen LogP contribution in [0.25, 0.3) is 0 Å². The Kier molecular flexibility index (Phi) is 9.08. The van der Waals surface area contributed by atoms with Gasteiger partial charge in [-0.1, -0.05) is 0 Å². The van der Waals surface area contributed by atoms with E-state index in [0.717, 1.165) is 25.5 Å². The standard InChI is InChI=1S/C18H15I6NO/c1-6-11(19)7(2)14(22)10(13(6)21)18(26)25(5)17-15(23)8(3)12(20)9(4)16(17)24/h1-5H3. The quantitative estimate of drug-likeness (QED) is 0.282. The third-order valence-corrected chi connectivity index (χ3v) is 12.9. The summed E-state index contributed by atoms with van der Waals surface area (Å²) >= 11 is 14.1. The van der Waals surface area contributed by atoms with Crippen LogP contribution in [0.5, 0.6) is 0 Å². The van der Waals surface area contributed by atoms with E-state index in [4.69, 9.17) is 0 Å². The molecule has 0 aromatic heterocycles. The van der Waals surface area contributed by atoms with Gasteiger partial charge in [0.1, 0.15) is 0 Å². The molecule has 0 saturated heterocycles. The first kappa shape index (κ1) is 24.6. The minimum absolute atomic E-state index is 0.0530. The average Bonchev–Trinajstić information content (AvgIpc) is 2.61. The van der Waals surface area contributed by atoms with Crippen LogP contribution in [0.2, 0.25) is 0 Å². The Morgan fingerprint density at radius 1 is 0.615 bits per heavy atom. The lowest BCUT2D eigenvalue weighted by molar-refractivity contribution is 0.0991. The molecule has 2 aromatic carbocycles. The summed E-state index contributed by atoms with van der Waals surface area (Å²) in [5.41, 5.74) is 6.65. The highest BCUT2D eigenvalue weighted by Gasteiger charge is 2.27. The van der Waals surface area contributed by atoms with Gasteiger partial charge < -0.3 is 4.90 Å². The number of halogens is 6. The van der Waals surface area contributed by atoms with Gasteiger partial charge in [-0.3, -0.25) is 4.79 Å². The zero-order chi connectivity index (χ0) is 20.1. The maximum Gasteiger partial charge on any atom is 0.260 e. The van der Waals surface area contributed by atoms with Crippen LogP contribution >= 0.6 is 136 Å². The molecule has 0 saturated carbocycles. The molecule has 0 aliphatic rings. The summed E-state index contributed by atoms with van der Waals surface area (Å²) in [7, 11) is 1.89. The second kappa shape index (κ2) is 9.62. The SMILES string of the molecule is Cc1c(I)c(C)c(I)c(C(=O)N(C)c2c(I)c(C)c(I)c(C)c2I)c1I. The van der Waals surface area contributed by atoms with Gasteiger partial charge in [0.05, 0.1) is 11.3 Å². The molecular formula is C18H15I6NO. The lowest BCUT2D eigenvalue weighted by Gasteiger charge is -2.26. The molecular weight excluding hydrogens is 1010 g/mol. The monoisotopic (exact) mass is 1020 g/mol. The fourth-order valence-corrected chi connectivity index (χ4v) is 10.1. The Labute approximate surface area is 236 Å². The van der Waals surface area contributed by atoms with E-state index in [2.05, 4.69) is 163 Å². The number of carbonyl (C=O) groups is 1. The summed E-state index contributed by atoms with van der Waals surface area (Å²) in [5, 5.41) is 0. The molecule has 0 unspecified atom stereocenters. The van der Waals surface area contributed by atoms with Crippen molar-refractivity contribution in [2.24, 2.45) is 0 Å². The molecule has 0 heterocycles. The van der Waals surface area contributed by atoms with Crippen molar-refractivity contribution in [2.75, 3.05) is 11.9 Å². The van der Waals surface area contributed by atoms with E-state index in [1.165, 1.54) is 29.4 Å². The van der Waals surface area contributed by atoms with Gasteiger partial charge in [0.2, 0.25) is 0 Å². The molecule has 140 valence electrons. The first-order valence-electron chi connectivity index (χ1n) is 7.48. The molecule has 0 bridgehead atoms. The first-order valence-corrected chi connectivity index (χ1v) is 14.0. The normalized spacial score (nSPS) is 11.0. The third-order valence-electron chi connectivity index (χ3n) is 4.34. The van der Waals surface area contributed by atoms with Gasteiger partial charge in [-0.2, -0.15) is 0 Å². The number of amides is 1. The van der Waals surface area contributed by atoms with Gasteiger partial charge in [-0.15, -0.1) is 0 Å². The molecule has 0 atom stereocenters. The van der Waals surface area contributed by atoms with Crippen molar-refractivity contribution >= 4 is 147 Å². The van der Waals surface area contributed by atoms with Crippen molar-refractivity contribution < 1.29 is 4.79 Å². The van der Waals surface area contributed by atoms with E-state index < -0.39 is 0 Å². The topological polar surface area (TPSA) is 20.3 Å². The van der Waals surface area contributed by atoms with E-state index in [1.807, 2.05) is 11.9 Å². The van der Waals surface area contributed by atoms with Crippen LogP contribution < -0.4 is 4.90 Å². The van der Waals surface area contributed by atoms with E-state index in [9.17, 15) is 4.79 Å². The smallest absolute Gasteiger partial charge is 0.260 e. The number of benzene rings is 2. The van der Waals surface area contributed by atoms with Crippen molar-refractivity contribution in [1.82, 2.24) is 0 Å². The van der Waals surface area contributed by atoms with Gasteiger partial charge in [0.15, 0.2) is 0 Å². The molecule has 0 radical (unpaired) electrons. The molecule has 0 spiro atoms. The Hall–Kier alpha value is 2.29. The molecule has 2 aromatic rings. The number of hydrogen-bond acceptors (Lipinski definition) is 1. The van der Waals surface area contributed by atoms with Gasteiger partial charge in [-0.25, -0.2) is 0 Å². The lowest BCUT2D eigenvalue weighted by Crippen LogP contribution is -2.30. The summed E-state index contributed by atoms with van der Waals surface area (Å²) in [6, 6.07) is 0. The number of hydrogen-bond donors (Lipinski definition) is 0. The summed E-state index contributed by atoms with van der Waals surface area (Å²) < 4.78 is 6.88. The molecule has 0 aliphatic carbocycles. The Morgan fingerprint density at radius 2 is 0.923 bits per heavy atom. The number of anilines is 1. The van der Waals surface area contributed by atoms with Gasteiger partial charge in [0, 0.05) is 28.5 Å². The second-order valence-corrected chi connectivity index (χ2v) is 12.4. The molecule has 0 aliphatic heterocycles. The summed E-state index contributed by atoms with van der Waals surface area (Å²) in [6.45, 7) is 8.44. The molecule has 0 N–H and O–H groups in total. The first-order chi connectivity index (χ1) is 11.9. The van der Waals surface area contributed by atoms with Crippen molar-refractivity contribution in [2.45, 2.75) is 27.7 Å².